The zero-order valence-corrected chi connectivity index (χ0v) is 21.8. The molecule has 1 heterocycles. The first-order valence-corrected chi connectivity index (χ1v) is 14.5. The molecule has 192 valence electrons. The lowest BCUT2D eigenvalue weighted by Gasteiger charge is -2.10. The van der Waals surface area contributed by atoms with Crippen molar-refractivity contribution in [2.75, 3.05) is 12.4 Å². The van der Waals surface area contributed by atoms with Crippen LogP contribution in [-0.4, -0.2) is 30.4 Å². The van der Waals surface area contributed by atoms with Crippen molar-refractivity contribution in [3.05, 3.63) is 78.6 Å². The summed E-state index contributed by atoms with van der Waals surface area (Å²) in [5.41, 5.74) is 1.12. The van der Waals surface area contributed by atoms with Gasteiger partial charge in [-0.1, -0.05) is 113 Å². The Bertz CT molecular complexity index is 1070. The second-order valence-electron chi connectivity index (χ2n) is 9.07. The number of hydrogen-bond acceptors (Lipinski definition) is 4. The largest absolute Gasteiger partial charge is 0.748 e. The van der Waals surface area contributed by atoms with Gasteiger partial charge in [0.1, 0.15) is 6.61 Å². The predicted octanol–water partition coefficient (Wildman–Crippen LogP) is 6.16. The molecular weight excluding hydrogens is 458 g/mol. The molecule has 0 aliphatic rings. The van der Waals surface area contributed by atoms with E-state index in [2.05, 4.69) is 35.9 Å². The first-order chi connectivity index (χ1) is 16.9. The standard InChI is InChI=1S/C17H16NO.C12H26O3S/c19-13-17(15-7-2-1-3-8-15)18-11-10-14-6-4-5-9-16(14)12-18;1-2-3-4-5-6-7-8-9-10-11-12-16(13,14)15/h1-12,17,19H,13H2;2-12H2,1H3,(H,13,14,15)/q+1;/p-1. The number of nitrogens with zero attached hydrogens (tertiary/aromatic N) is 1. The maximum atomic E-state index is 10.3. The Balaban J connectivity index is 0.000000252. The van der Waals surface area contributed by atoms with Gasteiger partial charge < -0.3 is 9.66 Å². The molecule has 0 spiro atoms. The summed E-state index contributed by atoms with van der Waals surface area (Å²) in [6.45, 7) is 2.30. The predicted molar refractivity (Wildman–Crippen MR) is 142 cm³/mol. The van der Waals surface area contributed by atoms with Crippen molar-refractivity contribution in [1.82, 2.24) is 0 Å². The summed E-state index contributed by atoms with van der Waals surface area (Å²) >= 11 is 0. The molecule has 1 atom stereocenters. The molecule has 1 N–H and O–H groups in total. The lowest BCUT2D eigenvalue weighted by atomic mass is 10.1. The number of hydrogen-bond donors (Lipinski definition) is 1. The van der Waals surface area contributed by atoms with Crippen molar-refractivity contribution < 1.29 is 22.6 Å². The minimum Gasteiger partial charge on any atom is -0.748 e. The minimum atomic E-state index is -3.98. The van der Waals surface area contributed by atoms with Crippen molar-refractivity contribution in [2.24, 2.45) is 0 Å². The number of aromatic nitrogens is 1. The summed E-state index contributed by atoms with van der Waals surface area (Å²) < 4.78 is 33.0. The SMILES string of the molecule is CCCCCCCCCCCCS(=O)(=O)[O-].OCC(c1ccccc1)[n+]1ccc2ccccc2c1. The second kappa shape index (κ2) is 16.4. The molecule has 1 aromatic heterocycles. The van der Waals surface area contributed by atoms with Gasteiger partial charge in [-0.3, -0.25) is 0 Å². The topological polar surface area (TPSA) is 81.3 Å². The number of fused-ring (bicyclic) bond motifs is 1. The fraction of sp³-hybridized carbons (Fsp3) is 0.483. The molecule has 0 bridgehead atoms. The van der Waals surface area contributed by atoms with Crippen molar-refractivity contribution in [3.63, 3.8) is 0 Å². The summed E-state index contributed by atoms with van der Waals surface area (Å²) in [5, 5.41) is 12.1. The van der Waals surface area contributed by atoms with Crippen LogP contribution >= 0.6 is 0 Å². The zero-order chi connectivity index (χ0) is 25.4. The van der Waals surface area contributed by atoms with Gasteiger partial charge in [0.05, 0.1) is 10.1 Å². The van der Waals surface area contributed by atoms with Gasteiger partial charge in [0.25, 0.3) is 0 Å². The fourth-order valence-electron chi connectivity index (χ4n) is 4.16. The minimum absolute atomic E-state index is 0.0363. The molecule has 0 radical (unpaired) electrons. The Morgan fingerprint density at radius 3 is 1.89 bits per heavy atom. The lowest BCUT2D eigenvalue weighted by molar-refractivity contribution is -0.714. The number of aliphatic hydroxyl groups excluding tert-OH is 1. The van der Waals surface area contributed by atoms with Crippen LogP contribution in [0.25, 0.3) is 10.8 Å². The van der Waals surface area contributed by atoms with E-state index in [4.69, 9.17) is 0 Å². The van der Waals surface area contributed by atoms with E-state index in [9.17, 15) is 18.1 Å². The van der Waals surface area contributed by atoms with E-state index in [1.165, 1.54) is 55.7 Å². The Morgan fingerprint density at radius 1 is 0.771 bits per heavy atom. The molecule has 0 aliphatic carbocycles. The maximum Gasteiger partial charge on any atom is 0.206 e. The van der Waals surface area contributed by atoms with E-state index in [-0.39, 0.29) is 18.4 Å². The number of aliphatic hydroxyl groups is 1. The van der Waals surface area contributed by atoms with Gasteiger partial charge in [0, 0.05) is 22.8 Å². The summed E-state index contributed by atoms with van der Waals surface area (Å²) in [7, 11) is -3.98. The van der Waals surface area contributed by atoms with Crippen molar-refractivity contribution >= 4 is 20.9 Å². The fourth-order valence-corrected chi connectivity index (χ4v) is 4.72. The zero-order valence-electron chi connectivity index (χ0n) is 21.0. The van der Waals surface area contributed by atoms with Gasteiger partial charge in [-0.15, -0.1) is 0 Å². The summed E-state index contributed by atoms with van der Waals surface area (Å²) in [4.78, 5) is 0. The van der Waals surface area contributed by atoms with E-state index in [0.29, 0.717) is 6.42 Å². The summed E-state index contributed by atoms with van der Waals surface area (Å²) in [5.74, 6) is -0.191. The Labute approximate surface area is 211 Å². The van der Waals surface area contributed by atoms with Crippen molar-refractivity contribution in [1.29, 1.82) is 0 Å². The molecule has 1 unspecified atom stereocenters. The van der Waals surface area contributed by atoms with E-state index in [0.717, 1.165) is 18.4 Å². The van der Waals surface area contributed by atoms with Crippen molar-refractivity contribution in [3.8, 4) is 0 Å². The normalized spacial score (nSPS) is 12.2. The van der Waals surface area contributed by atoms with E-state index >= 15 is 0 Å². The number of benzene rings is 2. The van der Waals surface area contributed by atoms with Crippen LogP contribution in [0.15, 0.2) is 73.1 Å². The number of rotatable bonds is 14. The van der Waals surface area contributed by atoms with Gasteiger partial charge in [-0.25, -0.2) is 8.42 Å². The number of pyridine rings is 1. The van der Waals surface area contributed by atoms with E-state index in [1.807, 2.05) is 48.7 Å². The van der Waals surface area contributed by atoms with Gasteiger partial charge in [0.15, 0.2) is 12.4 Å². The molecule has 3 aromatic rings. The third kappa shape index (κ3) is 11.8. The summed E-state index contributed by atoms with van der Waals surface area (Å²) in [6, 6.07) is 20.4. The van der Waals surface area contributed by atoms with Crippen LogP contribution in [0.1, 0.15) is 82.7 Å². The molecule has 0 saturated carbocycles. The smallest absolute Gasteiger partial charge is 0.206 e. The van der Waals surface area contributed by atoms with Gasteiger partial charge >= 0.3 is 0 Å². The molecule has 6 heteroatoms. The van der Waals surface area contributed by atoms with Gasteiger partial charge in [-0.2, -0.15) is 4.57 Å². The molecule has 35 heavy (non-hydrogen) atoms. The lowest BCUT2D eigenvalue weighted by Crippen LogP contribution is -2.41. The highest BCUT2D eigenvalue weighted by Crippen LogP contribution is 2.15. The monoisotopic (exact) mass is 499 g/mol. The molecule has 2 aromatic carbocycles. The van der Waals surface area contributed by atoms with Gasteiger partial charge in [0.2, 0.25) is 6.04 Å². The van der Waals surface area contributed by atoms with Crippen LogP contribution in [0.2, 0.25) is 0 Å². The molecule has 5 nitrogen and oxygen atoms in total. The average Bonchev–Trinajstić information content (AvgIpc) is 2.86. The highest BCUT2D eigenvalue weighted by Gasteiger charge is 2.19. The van der Waals surface area contributed by atoms with Gasteiger partial charge in [-0.05, 0) is 17.9 Å². The Hall–Kier alpha value is -2.28. The molecule has 0 amide bonds. The van der Waals surface area contributed by atoms with Crippen molar-refractivity contribution in [2.45, 2.75) is 77.2 Å². The third-order valence-electron chi connectivity index (χ3n) is 6.18. The van der Waals surface area contributed by atoms with Crippen LogP contribution in [0, 0.1) is 0 Å². The quantitative estimate of drug-likeness (QED) is 0.164. The van der Waals surface area contributed by atoms with Crippen LogP contribution < -0.4 is 4.57 Å². The summed E-state index contributed by atoms with van der Waals surface area (Å²) in [6.07, 6.45) is 15.6. The highest BCUT2D eigenvalue weighted by atomic mass is 32.2. The molecule has 0 saturated heterocycles. The Morgan fingerprint density at radius 2 is 1.31 bits per heavy atom. The van der Waals surface area contributed by atoms with E-state index < -0.39 is 10.1 Å². The third-order valence-corrected chi connectivity index (χ3v) is 6.96. The first kappa shape index (κ1) is 29.0. The molecular formula is C29H41NO4S. The molecule has 0 aliphatic heterocycles. The first-order valence-electron chi connectivity index (χ1n) is 12.9. The number of unbranched alkanes of at least 4 members (excludes halogenated alkanes) is 9. The van der Waals surface area contributed by atoms with Crippen LogP contribution in [-0.2, 0) is 10.1 Å². The average molecular weight is 500 g/mol. The van der Waals surface area contributed by atoms with Crippen LogP contribution in [0.5, 0.6) is 0 Å². The second-order valence-corrected chi connectivity index (χ2v) is 10.6. The van der Waals surface area contributed by atoms with Crippen LogP contribution in [0.4, 0.5) is 0 Å². The Kier molecular flexibility index (Phi) is 13.6. The van der Waals surface area contributed by atoms with Crippen LogP contribution in [0.3, 0.4) is 0 Å². The molecule has 3 rings (SSSR count). The highest BCUT2D eigenvalue weighted by molar-refractivity contribution is 7.85. The maximum absolute atomic E-state index is 10.3. The van der Waals surface area contributed by atoms with E-state index in [1.54, 1.807) is 0 Å². The molecule has 0 fully saturated rings.